The van der Waals surface area contributed by atoms with Crippen molar-refractivity contribution in [2.45, 2.75) is 57.4 Å². The molecule has 0 saturated heterocycles. The lowest BCUT2D eigenvalue weighted by molar-refractivity contribution is 0.227. The second-order valence-corrected chi connectivity index (χ2v) is 7.71. The van der Waals surface area contributed by atoms with Gasteiger partial charge in [-0.1, -0.05) is 45.7 Å². The highest BCUT2D eigenvalue weighted by atomic mass is 32.2. The molecule has 0 radical (unpaired) electrons. The van der Waals surface area contributed by atoms with Crippen molar-refractivity contribution in [2.75, 3.05) is 0 Å². The molecule has 1 aromatic carbocycles. The van der Waals surface area contributed by atoms with E-state index in [0.29, 0.717) is 16.7 Å². The second-order valence-electron chi connectivity index (χ2n) is 5.99. The van der Waals surface area contributed by atoms with Crippen LogP contribution in [0.4, 0.5) is 0 Å². The third-order valence-corrected chi connectivity index (χ3v) is 6.16. The van der Waals surface area contributed by atoms with Gasteiger partial charge in [0.15, 0.2) is 0 Å². The molecular formula is C16H25NO2S. The lowest BCUT2D eigenvalue weighted by Gasteiger charge is -2.34. The molecule has 0 amide bonds. The summed E-state index contributed by atoms with van der Waals surface area (Å²) in [5.41, 5.74) is 1.16. The Morgan fingerprint density at radius 3 is 2.40 bits per heavy atom. The quantitative estimate of drug-likeness (QED) is 0.926. The van der Waals surface area contributed by atoms with Crippen molar-refractivity contribution in [1.82, 2.24) is 4.72 Å². The van der Waals surface area contributed by atoms with Crippen molar-refractivity contribution < 1.29 is 8.42 Å². The lowest BCUT2D eigenvalue weighted by Crippen LogP contribution is -2.43. The third kappa shape index (κ3) is 3.41. The van der Waals surface area contributed by atoms with E-state index in [-0.39, 0.29) is 6.04 Å². The van der Waals surface area contributed by atoms with E-state index < -0.39 is 10.0 Å². The van der Waals surface area contributed by atoms with Crippen LogP contribution in [-0.4, -0.2) is 14.5 Å². The average molecular weight is 295 g/mol. The molecule has 1 fully saturated rings. The maximum absolute atomic E-state index is 12.4. The summed E-state index contributed by atoms with van der Waals surface area (Å²) < 4.78 is 27.8. The molecule has 2 rings (SSSR count). The summed E-state index contributed by atoms with van der Waals surface area (Å²) in [6.45, 7) is 6.42. The molecule has 0 bridgehead atoms. The van der Waals surface area contributed by atoms with Gasteiger partial charge in [-0.05, 0) is 42.4 Å². The SMILES string of the molecule is CCc1ccc(S(=O)(=O)N[C@@H]2CCC[C@@H](C)[C@H]2C)cc1. The Kier molecular flexibility index (Phi) is 4.86. The highest BCUT2D eigenvalue weighted by Gasteiger charge is 2.30. The van der Waals surface area contributed by atoms with Gasteiger partial charge < -0.3 is 0 Å². The van der Waals surface area contributed by atoms with E-state index >= 15 is 0 Å². The Bertz CT molecular complexity index is 536. The number of benzene rings is 1. The number of rotatable bonds is 4. The van der Waals surface area contributed by atoms with Gasteiger partial charge in [0.1, 0.15) is 0 Å². The monoisotopic (exact) mass is 295 g/mol. The van der Waals surface area contributed by atoms with Crippen LogP contribution >= 0.6 is 0 Å². The number of hydrogen-bond acceptors (Lipinski definition) is 2. The summed E-state index contributed by atoms with van der Waals surface area (Å²) in [6, 6.07) is 7.26. The molecule has 0 aromatic heterocycles. The molecule has 1 N–H and O–H groups in total. The number of aryl methyl sites for hydroxylation is 1. The van der Waals surface area contributed by atoms with E-state index in [2.05, 4.69) is 25.5 Å². The van der Waals surface area contributed by atoms with Crippen molar-refractivity contribution in [3.8, 4) is 0 Å². The number of nitrogens with one attached hydrogen (secondary N) is 1. The van der Waals surface area contributed by atoms with Gasteiger partial charge in [-0.25, -0.2) is 13.1 Å². The van der Waals surface area contributed by atoms with Crippen molar-refractivity contribution in [3.05, 3.63) is 29.8 Å². The van der Waals surface area contributed by atoms with Crippen LogP contribution < -0.4 is 4.72 Å². The minimum Gasteiger partial charge on any atom is -0.208 e. The Hall–Kier alpha value is -0.870. The Morgan fingerprint density at radius 2 is 1.80 bits per heavy atom. The van der Waals surface area contributed by atoms with Gasteiger partial charge in [-0.3, -0.25) is 0 Å². The molecular weight excluding hydrogens is 270 g/mol. The number of sulfonamides is 1. The summed E-state index contributed by atoms with van der Waals surface area (Å²) in [7, 11) is -3.39. The fourth-order valence-corrected chi connectivity index (χ4v) is 4.28. The molecule has 20 heavy (non-hydrogen) atoms. The van der Waals surface area contributed by atoms with Crippen LogP contribution in [0.2, 0.25) is 0 Å². The van der Waals surface area contributed by atoms with Crippen LogP contribution in [0, 0.1) is 11.8 Å². The first kappa shape index (κ1) is 15.5. The second kappa shape index (κ2) is 6.27. The highest BCUT2D eigenvalue weighted by molar-refractivity contribution is 7.89. The van der Waals surface area contributed by atoms with E-state index in [0.717, 1.165) is 24.8 Å². The largest absolute Gasteiger partial charge is 0.240 e. The normalized spacial score (nSPS) is 27.4. The van der Waals surface area contributed by atoms with Gasteiger partial charge in [0.05, 0.1) is 4.90 Å². The van der Waals surface area contributed by atoms with Crippen LogP contribution in [0.15, 0.2) is 29.2 Å². The summed E-state index contributed by atoms with van der Waals surface area (Å²) in [4.78, 5) is 0.375. The van der Waals surface area contributed by atoms with Gasteiger partial charge in [-0.15, -0.1) is 0 Å². The smallest absolute Gasteiger partial charge is 0.208 e. The molecule has 1 saturated carbocycles. The molecule has 3 atom stereocenters. The van der Waals surface area contributed by atoms with E-state index in [1.807, 2.05) is 12.1 Å². The standard InChI is InChI=1S/C16H25NO2S/c1-4-14-8-10-15(11-9-14)20(18,19)17-16-7-5-6-12(2)13(16)3/h8-13,16-17H,4-7H2,1-3H3/t12-,13-,16-/m1/s1. The molecule has 0 heterocycles. The van der Waals surface area contributed by atoms with E-state index in [9.17, 15) is 8.42 Å². The van der Waals surface area contributed by atoms with Crippen LogP contribution in [0.1, 0.15) is 45.6 Å². The maximum atomic E-state index is 12.4. The highest BCUT2D eigenvalue weighted by Crippen LogP contribution is 2.30. The molecule has 1 aromatic rings. The van der Waals surface area contributed by atoms with Crippen LogP contribution in [0.3, 0.4) is 0 Å². The molecule has 4 heteroatoms. The number of hydrogen-bond donors (Lipinski definition) is 1. The average Bonchev–Trinajstić information content (AvgIpc) is 2.44. The minimum atomic E-state index is -3.39. The third-order valence-electron chi connectivity index (χ3n) is 4.66. The van der Waals surface area contributed by atoms with Crippen LogP contribution in [-0.2, 0) is 16.4 Å². The Labute approximate surface area is 122 Å². The molecule has 0 aliphatic heterocycles. The predicted octanol–water partition coefficient (Wildman–Crippen LogP) is 3.35. The van der Waals surface area contributed by atoms with E-state index in [1.54, 1.807) is 12.1 Å². The fraction of sp³-hybridized carbons (Fsp3) is 0.625. The summed E-state index contributed by atoms with van der Waals surface area (Å²) >= 11 is 0. The van der Waals surface area contributed by atoms with Crippen molar-refractivity contribution in [3.63, 3.8) is 0 Å². The maximum Gasteiger partial charge on any atom is 0.240 e. The molecule has 112 valence electrons. The van der Waals surface area contributed by atoms with Crippen LogP contribution in [0.25, 0.3) is 0 Å². The van der Waals surface area contributed by atoms with Gasteiger partial charge >= 0.3 is 0 Å². The van der Waals surface area contributed by atoms with Gasteiger partial charge in [0, 0.05) is 6.04 Å². The lowest BCUT2D eigenvalue weighted by atomic mass is 9.78. The van der Waals surface area contributed by atoms with Gasteiger partial charge in [0.25, 0.3) is 0 Å². The van der Waals surface area contributed by atoms with Crippen LogP contribution in [0.5, 0.6) is 0 Å². The summed E-state index contributed by atoms with van der Waals surface area (Å²) in [6.07, 6.45) is 4.17. The van der Waals surface area contributed by atoms with Gasteiger partial charge in [0.2, 0.25) is 10.0 Å². The summed E-state index contributed by atoms with van der Waals surface area (Å²) in [5, 5.41) is 0. The van der Waals surface area contributed by atoms with E-state index in [1.165, 1.54) is 6.42 Å². The van der Waals surface area contributed by atoms with Crippen molar-refractivity contribution in [2.24, 2.45) is 11.8 Å². The molecule has 0 unspecified atom stereocenters. The first-order chi connectivity index (χ1) is 9.44. The topological polar surface area (TPSA) is 46.2 Å². The zero-order chi connectivity index (χ0) is 14.8. The predicted molar refractivity (Wildman–Crippen MR) is 82.1 cm³/mol. The molecule has 0 spiro atoms. The summed E-state index contributed by atoms with van der Waals surface area (Å²) in [5.74, 6) is 0.979. The fourth-order valence-electron chi connectivity index (χ4n) is 2.92. The zero-order valence-corrected chi connectivity index (χ0v) is 13.4. The first-order valence-electron chi connectivity index (χ1n) is 7.55. The Morgan fingerprint density at radius 1 is 1.15 bits per heavy atom. The van der Waals surface area contributed by atoms with Crippen molar-refractivity contribution >= 4 is 10.0 Å². The van der Waals surface area contributed by atoms with Crippen molar-refractivity contribution in [1.29, 1.82) is 0 Å². The first-order valence-corrected chi connectivity index (χ1v) is 9.03. The molecule has 1 aliphatic rings. The van der Waals surface area contributed by atoms with Gasteiger partial charge in [-0.2, -0.15) is 0 Å². The molecule has 3 nitrogen and oxygen atoms in total. The molecule has 1 aliphatic carbocycles. The zero-order valence-electron chi connectivity index (χ0n) is 12.6. The Balaban J connectivity index is 2.13. The minimum absolute atomic E-state index is 0.0644. The van der Waals surface area contributed by atoms with E-state index in [4.69, 9.17) is 0 Å².